The standard InChI is InChI=1S/C13H24N4O2/c1-5-14-11-9-13(16-12(15-11)10-18-4)17(3)7-8-19-6-2/h9H,5-8,10H2,1-4H3,(H,14,15,16). The molecule has 108 valence electrons. The molecule has 6 heteroatoms. The number of aromatic nitrogens is 2. The van der Waals surface area contributed by atoms with E-state index in [0.29, 0.717) is 19.0 Å². The molecule has 1 N–H and O–H groups in total. The van der Waals surface area contributed by atoms with Gasteiger partial charge in [-0.3, -0.25) is 0 Å². The molecule has 1 aromatic heterocycles. The largest absolute Gasteiger partial charge is 0.380 e. The normalized spacial score (nSPS) is 10.5. The molecule has 0 amide bonds. The van der Waals surface area contributed by atoms with Gasteiger partial charge in [-0.1, -0.05) is 0 Å². The Bertz CT molecular complexity index is 349. The quantitative estimate of drug-likeness (QED) is 0.685. The van der Waals surface area contributed by atoms with Crippen molar-refractivity contribution in [2.24, 2.45) is 0 Å². The number of ether oxygens (including phenoxy) is 2. The highest BCUT2D eigenvalue weighted by Gasteiger charge is 2.08. The fraction of sp³-hybridized carbons (Fsp3) is 0.692. The topological polar surface area (TPSA) is 59.5 Å². The maximum Gasteiger partial charge on any atom is 0.158 e. The minimum absolute atomic E-state index is 0.408. The van der Waals surface area contributed by atoms with Crippen LogP contribution in [0.3, 0.4) is 0 Å². The molecule has 0 spiro atoms. The molecular formula is C13H24N4O2. The first-order chi connectivity index (χ1) is 9.21. The van der Waals surface area contributed by atoms with Gasteiger partial charge >= 0.3 is 0 Å². The Labute approximate surface area is 115 Å². The molecule has 0 radical (unpaired) electrons. The summed E-state index contributed by atoms with van der Waals surface area (Å²) in [5.74, 6) is 2.37. The van der Waals surface area contributed by atoms with Gasteiger partial charge in [-0.15, -0.1) is 0 Å². The van der Waals surface area contributed by atoms with Crippen molar-refractivity contribution >= 4 is 11.6 Å². The highest BCUT2D eigenvalue weighted by Crippen LogP contribution is 2.15. The molecule has 1 heterocycles. The maximum atomic E-state index is 5.36. The van der Waals surface area contributed by atoms with Crippen molar-refractivity contribution in [3.8, 4) is 0 Å². The molecule has 0 aromatic carbocycles. The summed E-state index contributed by atoms with van der Waals surface area (Å²) in [6, 6.07) is 1.94. The number of rotatable bonds is 9. The highest BCUT2D eigenvalue weighted by molar-refractivity contribution is 5.48. The Morgan fingerprint density at radius 1 is 1.32 bits per heavy atom. The van der Waals surface area contributed by atoms with Gasteiger partial charge in [0.25, 0.3) is 0 Å². The lowest BCUT2D eigenvalue weighted by atomic mass is 10.4. The molecule has 0 atom stereocenters. The zero-order valence-electron chi connectivity index (χ0n) is 12.3. The van der Waals surface area contributed by atoms with Crippen molar-refractivity contribution < 1.29 is 9.47 Å². The molecule has 1 aromatic rings. The Hall–Kier alpha value is -1.40. The van der Waals surface area contributed by atoms with E-state index in [1.165, 1.54) is 0 Å². The van der Waals surface area contributed by atoms with E-state index in [1.54, 1.807) is 7.11 Å². The predicted octanol–water partition coefficient (Wildman–Crippen LogP) is 1.53. The van der Waals surface area contributed by atoms with Crippen molar-refractivity contribution in [3.05, 3.63) is 11.9 Å². The van der Waals surface area contributed by atoms with Crippen LogP contribution in [0.25, 0.3) is 0 Å². The van der Waals surface area contributed by atoms with Crippen LogP contribution < -0.4 is 10.2 Å². The number of hydrogen-bond acceptors (Lipinski definition) is 6. The Kier molecular flexibility index (Phi) is 7.14. The van der Waals surface area contributed by atoms with Gasteiger partial charge in [-0.05, 0) is 13.8 Å². The second-order valence-corrected chi connectivity index (χ2v) is 4.11. The first-order valence-corrected chi connectivity index (χ1v) is 6.60. The third kappa shape index (κ3) is 5.40. The summed E-state index contributed by atoms with van der Waals surface area (Å²) in [4.78, 5) is 10.9. The number of hydrogen-bond donors (Lipinski definition) is 1. The van der Waals surface area contributed by atoms with Crippen molar-refractivity contribution in [3.63, 3.8) is 0 Å². The molecule has 19 heavy (non-hydrogen) atoms. The fourth-order valence-corrected chi connectivity index (χ4v) is 1.60. The van der Waals surface area contributed by atoms with Gasteiger partial charge in [0.05, 0.1) is 6.61 Å². The van der Waals surface area contributed by atoms with Crippen LogP contribution in [-0.2, 0) is 16.1 Å². The summed E-state index contributed by atoms with van der Waals surface area (Å²) in [5, 5.41) is 3.20. The van der Waals surface area contributed by atoms with Gasteiger partial charge in [0, 0.05) is 39.9 Å². The summed E-state index contributed by atoms with van der Waals surface area (Å²) in [5.41, 5.74) is 0. The van der Waals surface area contributed by atoms with E-state index in [-0.39, 0.29) is 0 Å². The van der Waals surface area contributed by atoms with E-state index in [2.05, 4.69) is 20.2 Å². The van der Waals surface area contributed by atoms with E-state index in [9.17, 15) is 0 Å². The summed E-state index contributed by atoms with van der Waals surface area (Å²) in [7, 11) is 3.63. The van der Waals surface area contributed by atoms with Crippen molar-refractivity contribution in [2.75, 3.05) is 50.7 Å². The average Bonchev–Trinajstić information content (AvgIpc) is 2.39. The lowest BCUT2D eigenvalue weighted by Crippen LogP contribution is -2.24. The second-order valence-electron chi connectivity index (χ2n) is 4.11. The van der Waals surface area contributed by atoms with Crippen molar-refractivity contribution in [1.29, 1.82) is 0 Å². The molecule has 0 bridgehead atoms. The summed E-state index contributed by atoms with van der Waals surface area (Å²) in [6.07, 6.45) is 0. The molecule has 1 rings (SSSR count). The van der Waals surface area contributed by atoms with Gasteiger partial charge in [0.1, 0.15) is 18.2 Å². The third-order valence-corrected chi connectivity index (χ3v) is 2.56. The van der Waals surface area contributed by atoms with Crippen molar-refractivity contribution in [1.82, 2.24) is 9.97 Å². The van der Waals surface area contributed by atoms with Crippen LogP contribution in [0.1, 0.15) is 19.7 Å². The van der Waals surface area contributed by atoms with Crippen LogP contribution in [0.4, 0.5) is 11.6 Å². The lowest BCUT2D eigenvalue weighted by molar-refractivity contribution is 0.154. The van der Waals surface area contributed by atoms with Crippen LogP contribution in [0.15, 0.2) is 6.07 Å². The van der Waals surface area contributed by atoms with Crippen LogP contribution in [0.2, 0.25) is 0 Å². The molecule has 0 saturated carbocycles. The summed E-state index contributed by atoms with van der Waals surface area (Å²) in [6.45, 7) is 7.48. The lowest BCUT2D eigenvalue weighted by Gasteiger charge is -2.19. The molecule has 0 aliphatic carbocycles. The van der Waals surface area contributed by atoms with E-state index >= 15 is 0 Å². The third-order valence-electron chi connectivity index (χ3n) is 2.56. The minimum Gasteiger partial charge on any atom is -0.380 e. The van der Waals surface area contributed by atoms with Gasteiger partial charge < -0.3 is 19.7 Å². The Morgan fingerprint density at radius 2 is 2.11 bits per heavy atom. The van der Waals surface area contributed by atoms with Gasteiger partial charge in [-0.2, -0.15) is 0 Å². The Balaban J connectivity index is 2.78. The molecule has 0 fully saturated rings. The first-order valence-electron chi connectivity index (χ1n) is 6.60. The minimum atomic E-state index is 0.408. The Morgan fingerprint density at radius 3 is 2.74 bits per heavy atom. The first kappa shape index (κ1) is 15.7. The molecule has 6 nitrogen and oxygen atoms in total. The highest BCUT2D eigenvalue weighted by atomic mass is 16.5. The smallest absolute Gasteiger partial charge is 0.158 e. The molecule has 0 aliphatic heterocycles. The van der Waals surface area contributed by atoms with Crippen LogP contribution in [-0.4, -0.2) is 50.4 Å². The molecular weight excluding hydrogens is 244 g/mol. The van der Waals surface area contributed by atoms with E-state index in [1.807, 2.05) is 27.0 Å². The van der Waals surface area contributed by atoms with E-state index in [4.69, 9.17) is 9.47 Å². The van der Waals surface area contributed by atoms with E-state index in [0.717, 1.165) is 31.3 Å². The molecule has 0 saturated heterocycles. The van der Waals surface area contributed by atoms with Crippen LogP contribution in [0, 0.1) is 0 Å². The SMILES string of the molecule is CCNc1cc(N(C)CCOCC)nc(COC)n1. The zero-order valence-corrected chi connectivity index (χ0v) is 12.3. The number of methoxy groups -OCH3 is 1. The number of nitrogens with one attached hydrogen (secondary N) is 1. The fourth-order valence-electron chi connectivity index (χ4n) is 1.60. The van der Waals surface area contributed by atoms with Crippen LogP contribution in [0.5, 0.6) is 0 Å². The van der Waals surface area contributed by atoms with Gasteiger partial charge in [0.2, 0.25) is 0 Å². The van der Waals surface area contributed by atoms with Gasteiger partial charge in [0.15, 0.2) is 5.82 Å². The summed E-state index contributed by atoms with van der Waals surface area (Å²) < 4.78 is 10.5. The molecule has 0 aliphatic rings. The zero-order chi connectivity index (χ0) is 14.1. The van der Waals surface area contributed by atoms with E-state index < -0.39 is 0 Å². The maximum absolute atomic E-state index is 5.36. The van der Waals surface area contributed by atoms with Crippen molar-refractivity contribution in [2.45, 2.75) is 20.5 Å². The van der Waals surface area contributed by atoms with Gasteiger partial charge in [-0.25, -0.2) is 9.97 Å². The summed E-state index contributed by atoms with van der Waals surface area (Å²) >= 11 is 0. The number of likely N-dealkylation sites (N-methyl/N-ethyl adjacent to an activating group) is 1. The number of anilines is 2. The monoisotopic (exact) mass is 268 g/mol. The number of nitrogens with zero attached hydrogens (tertiary/aromatic N) is 3. The average molecular weight is 268 g/mol. The second kappa shape index (κ2) is 8.66. The van der Waals surface area contributed by atoms with Crippen LogP contribution >= 0.6 is 0 Å². The molecule has 0 unspecified atom stereocenters. The predicted molar refractivity (Wildman–Crippen MR) is 76.7 cm³/mol.